The number of nitrogens with zero attached hydrogens (tertiary/aromatic N) is 1. The molecule has 0 aromatic heterocycles. The fraction of sp³-hybridized carbons (Fsp3) is 0.276. The van der Waals surface area contributed by atoms with Gasteiger partial charge in [0, 0.05) is 20.9 Å². The second-order valence-electron chi connectivity index (χ2n) is 9.42. The lowest BCUT2D eigenvalue weighted by Crippen LogP contribution is -2.51. The Balaban J connectivity index is 1.22. The van der Waals surface area contributed by atoms with Gasteiger partial charge in [0.05, 0.1) is 6.04 Å². The van der Waals surface area contributed by atoms with Gasteiger partial charge in [-0.1, -0.05) is 86.5 Å². The number of hydrogen-bond donors (Lipinski definition) is 0. The van der Waals surface area contributed by atoms with Crippen molar-refractivity contribution in [1.82, 2.24) is 4.90 Å². The highest BCUT2D eigenvalue weighted by Gasteiger charge is 2.39. The van der Waals surface area contributed by atoms with Crippen LogP contribution in [0.15, 0.2) is 81.8 Å². The number of piperidine rings is 1. The van der Waals surface area contributed by atoms with Gasteiger partial charge in [0.25, 0.3) is 0 Å². The Bertz CT molecular complexity index is 1240. The third-order valence-corrected chi connectivity index (χ3v) is 8.33. The molecule has 3 nitrogen and oxygen atoms in total. The maximum atomic E-state index is 13.4. The topological polar surface area (TPSA) is 29.5 Å². The summed E-state index contributed by atoms with van der Waals surface area (Å²) in [7, 11) is 0. The van der Waals surface area contributed by atoms with Crippen LogP contribution in [-0.2, 0) is 4.74 Å². The van der Waals surface area contributed by atoms with E-state index in [0.29, 0.717) is 6.61 Å². The predicted octanol–water partition coefficient (Wildman–Crippen LogP) is 8.17. The number of amides is 1. The van der Waals surface area contributed by atoms with Crippen LogP contribution >= 0.6 is 31.9 Å². The van der Waals surface area contributed by atoms with Gasteiger partial charge in [-0.25, -0.2) is 4.79 Å². The summed E-state index contributed by atoms with van der Waals surface area (Å²) in [6.45, 7) is 0.373. The van der Waals surface area contributed by atoms with Crippen LogP contribution in [0.5, 0.6) is 0 Å². The molecule has 5 heteroatoms. The summed E-state index contributed by atoms with van der Waals surface area (Å²) in [5.74, 6) is 0.0890. The van der Waals surface area contributed by atoms with Crippen LogP contribution in [0.2, 0.25) is 0 Å². The number of rotatable bonds is 3. The third-order valence-electron chi connectivity index (χ3n) is 7.42. The van der Waals surface area contributed by atoms with Crippen LogP contribution < -0.4 is 0 Å². The van der Waals surface area contributed by atoms with Crippen molar-refractivity contribution in [3.63, 3.8) is 0 Å². The fourth-order valence-corrected chi connectivity index (χ4v) is 7.23. The van der Waals surface area contributed by atoms with Crippen molar-refractivity contribution < 1.29 is 9.53 Å². The minimum atomic E-state index is -0.178. The number of benzene rings is 3. The molecule has 0 spiro atoms. The lowest BCUT2D eigenvalue weighted by atomic mass is 9.83. The van der Waals surface area contributed by atoms with E-state index in [-0.39, 0.29) is 24.1 Å². The standard InChI is InChI=1S/C29H25Br2NO2/c30-20-12-18(13-21(31)16-20)19-14-22-6-5-7-23(15-19)32(22)29(33)34-17-28-26-10-3-1-8-24(26)25-9-2-4-11-27(25)28/h1-4,8-14,16,22-23,28H,5-7,15,17H2. The Morgan fingerprint density at radius 3 is 2.21 bits per heavy atom. The second-order valence-corrected chi connectivity index (χ2v) is 11.2. The third kappa shape index (κ3) is 3.93. The maximum Gasteiger partial charge on any atom is 0.410 e. The van der Waals surface area contributed by atoms with Crippen molar-refractivity contribution in [3.8, 4) is 11.1 Å². The summed E-state index contributed by atoms with van der Waals surface area (Å²) in [6, 6.07) is 23.6. The van der Waals surface area contributed by atoms with Crippen molar-refractivity contribution in [1.29, 1.82) is 0 Å². The summed E-state index contributed by atoms with van der Waals surface area (Å²) in [5.41, 5.74) is 7.53. The zero-order chi connectivity index (χ0) is 23.2. The smallest absolute Gasteiger partial charge is 0.410 e. The molecule has 0 N–H and O–H groups in total. The Morgan fingerprint density at radius 2 is 1.56 bits per heavy atom. The van der Waals surface area contributed by atoms with Crippen LogP contribution in [0.1, 0.15) is 48.3 Å². The van der Waals surface area contributed by atoms with E-state index >= 15 is 0 Å². The molecule has 2 bridgehead atoms. The minimum absolute atomic E-state index is 0.0890. The van der Waals surface area contributed by atoms with Crippen LogP contribution in [0.3, 0.4) is 0 Å². The number of carbonyl (C=O) groups excluding carboxylic acids is 1. The van der Waals surface area contributed by atoms with E-state index in [1.54, 1.807) is 0 Å². The molecule has 1 saturated heterocycles. The summed E-state index contributed by atoms with van der Waals surface area (Å²) < 4.78 is 8.15. The van der Waals surface area contributed by atoms with E-state index < -0.39 is 0 Å². The van der Waals surface area contributed by atoms with Crippen LogP contribution in [0, 0.1) is 0 Å². The summed E-state index contributed by atoms with van der Waals surface area (Å²) in [5, 5.41) is 0. The number of fused-ring (bicyclic) bond motifs is 5. The zero-order valence-electron chi connectivity index (χ0n) is 18.7. The molecule has 1 fully saturated rings. The van der Waals surface area contributed by atoms with Crippen molar-refractivity contribution in [2.75, 3.05) is 6.61 Å². The van der Waals surface area contributed by atoms with E-state index in [1.807, 2.05) is 4.90 Å². The van der Waals surface area contributed by atoms with E-state index in [2.05, 4.69) is 105 Å². The molecule has 2 unspecified atom stereocenters. The number of hydrogen-bond acceptors (Lipinski definition) is 2. The molecule has 2 aliphatic heterocycles. The fourth-order valence-electron chi connectivity index (χ4n) is 5.94. The zero-order valence-corrected chi connectivity index (χ0v) is 21.9. The first-order valence-corrected chi connectivity index (χ1v) is 13.5. The molecule has 1 aliphatic carbocycles. The number of halogens is 2. The Labute approximate surface area is 217 Å². The van der Waals surface area contributed by atoms with Crippen LogP contribution in [0.4, 0.5) is 4.79 Å². The Hall–Kier alpha value is -2.37. The van der Waals surface area contributed by atoms with Gasteiger partial charge in [-0.2, -0.15) is 0 Å². The van der Waals surface area contributed by atoms with Crippen molar-refractivity contribution in [2.45, 2.75) is 43.7 Å². The molecule has 0 radical (unpaired) electrons. The first-order chi connectivity index (χ1) is 16.6. The molecule has 3 aromatic carbocycles. The van der Waals surface area contributed by atoms with Crippen LogP contribution in [0.25, 0.3) is 16.7 Å². The molecule has 3 aromatic rings. The SMILES string of the molecule is O=C(OCC1c2ccccc2-c2ccccc21)N1C2C=C(c3cc(Br)cc(Br)c3)CC1CCC2. The molecule has 2 heterocycles. The molecule has 1 amide bonds. The molecule has 6 rings (SSSR count). The quantitative estimate of drug-likeness (QED) is 0.314. The number of carbonyl (C=O) groups is 1. The molecule has 2 atom stereocenters. The summed E-state index contributed by atoms with van der Waals surface area (Å²) >= 11 is 7.22. The monoisotopic (exact) mass is 577 g/mol. The molecular weight excluding hydrogens is 554 g/mol. The molecule has 0 saturated carbocycles. The van der Waals surface area contributed by atoms with E-state index in [1.165, 1.54) is 33.4 Å². The van der Waals surface area contributed by atoms with Gasteiger partial charge < -0.3 is 4.74 Å². The van der Waals surface area contributed by atoms with Gasteiger partial charge in [0.2, 0.25) is 0 Å². The van der Waals surface area contributed by atoms with Gasteiger partial charge in [-0.05, 0) is 77.3 Å². The second kappa shape index (κ2) is 9.01. The Morgan fingerprint density at radius 1 is 0.912 bits per heavy atom. The average molecular weight is 579 g/mol. The molecule has 34 heavy (non-hydrogen) atoms. The van der Waals surface area contributed by atoms with Gasteiger partial charge in [-0.15, -0.1) is 0 Å². The summed E-state index contributed by atoms with van der Waals surface area (Å²) in [6.07, 6.45) is 6.12. The first kappa shape index (κ1) is 22.1. The number of ether oxygens (including phenoxy) is 1. The van der Waals surface area contributed by atoms with Crippen molar-refractivity contribution >= 4 is 43.5 Å². The minimum Gasteiger partial charge on any atom is -0.448 e. The van der Waals surface area contributed by atoms with E-state index in [9.17, 15) is 4.79 Å². The summed E-state index contributed by atoms with van der Waals surface area (Å²) in [4.78, 5) is 15.4. The highest BCUT2D eigenvalue weighted by Crippen LogP contribution is 2.45. The van der Waals surface area contributed by atoms with Gasteiger partial charge in [0.15, 0.2) is 0 Å². The van der Waals surface area contributed by atoms with Gasteiger partial charge in [-0.3, -0.25) is 4.90 Å². The largest absolute Gasteiger partial charge is 0.448 e. The van der Waals surface area contributed by atoms with Crippen LogP contribution in [-0.4, -0.2) is 29.7 Å². The predicted molar refractivity (Wildman–Crippen MR) is 143 cm³/mol. The highest BCUT2D eigenvalue weighted by atomic mass is 79.9. The normalized spacial score (nSPS) is 21.0. The molecule has 3 aliphatic rings. The molecular formula is C29H25Br2NO2. The van der Waals surface area contributed by atoms with Gasteiger partial charge in [0.1, 0.15) is 6.61 Å². The van der Waals surface area contributed by atoms with Gasteiger partial charge >= 0.3 is 6.09 Å². The van der Waals surface area contributed by atoms with E-state index in [4.69, 9.17) is 4.74 Å². The molecule has 172 valence electrons. The average Bonchev–Trinajstić information content (AvgIpc) is 3.15. The highest BCUT2D eigenvalue weighted by molar-refractivity contribution is 9.11. The maximum absolute atomic E-state index is 13.4. The lowest BCUT2D eigenvalue weighted by molar-refractivity contribution is 0.0539. The first-order valence-electron chi connectivity index (χ1n) is 11.9. The van der Waals surface area contributed by atoms with E-state index in [0.717, 1.165) is 34.6 Å². The lowest BCUT2D eigenvalue weighted by Gasteiger charge is -2.44. The van der Waals surface area contributed by atoms with Crippen molar-refractivity contribution in [3.05, 3.63) is 98.4 Å². The van der Waals surface area contributed by atoms with Crippen molar-refractivity contribution in [2.24, 2.45) is 0 Å². The Kier molecular flexibility index (Phi) is 5.86.